The number of allylic oxidation sites excluding steroid dienone is 2. The number of rotatable bonds is 12. The Balaban J connectivity index is 2.90. The summed E-state index contributed by atoms with van der Waals surface area (Å²) >= 11 is 9.01. The summed E-state index contributed by atoms with van der Waals surface area (Å²) in [6, 6.07) is 0. The molecule has 0 saturated carbocycles. The van der Waals surface area contributed by atoms with Gasteiger partial charge in [-0.1, -0.05) is 73.0 Å². The summed E-state index contributed by atoms with van der Waals surface area (Å²) in [5.74, 6) is 0.835. The molecule has 0 aliphatic heterocycles. The Bertz CT molecular complexity index is 146. The third-order valence-corrected chi connectivity index (χ3v) is 3.40. The molecule has 0 radical (unpaired) electrons. The predicted octanol–water partition coefficient (Wildman–Crippen LogP) is 6.08. The van der Waals surface area contributed by atoms with Crippen molar-refractivity contribution in [3.8, 4) is 0 Å². The third kappa shape index (κ3) is 14.5. The summed E-state index contributed by atoms with van der Waals surface area (Å²) in [6.45, 7) is 0. The topological polar surface area (TPSA) is 0 Å². The Hall–Kier alpha value is 0.510. The predicted molar refractivity (Wildman–Crippen MR) is 79.8 cm³/mol. The molecule has 0 atom stereocenters. The molecule has 0 rings (SSSR count). The summed E-state index contributed by atoms with van der Waals surface area (Å²) in [4.78, 5) is 0. The van der Waals surface area contributed by atoms with Gasteiger partial charge >= 0.3 is 0 Å². The van der Waals surface area contributed by atoms with Crippen LogP contribution in [0.15, 0.2) is 12.2 Å². The Labute approximate surface area is 115 Å². The lowest BCUT2D eigenvalue weighted by atomic mass is 10.1. The van der Waals surface area contributed by atoms with Gasteiger partial charge in [0.2, 0.25) is 0 Å². The van der Waals surface area contributed by atoms with Crippen molar-refractivity contribution in [1.82, 2.24) is 0 Å². The second kappa shape index (κ2) is 15.5. The molecule has 16 heavy (non-hydrogen) atoms. The van der Waals surface area contributed by atoms with Crippen molar-refractivity contribution in [2.45, 2.75) is 64.2 Å². The van der Waals surface area contributed by atoms with Crippen LogP contribution in [-0.2, 0) is 0 Å². The van der Waals surface area contributed by atoms with Crippen LogP contribution in [0.4, 0.5) is 0 Å². The van der Waals surface area contributed by atoms with Gasteiger partial charge in [-0.15, -0.1) is 11.6 Å². The smallest absolute Gasteiger partial charge is 0.0223 e. The number of hydrogen-bond donors (Lipinski definition) is 0. The van der Waals surface area contributed by atoms with Gasteiger partial charge in [0.25, 0.3) is 0 Å². The van der Waals surface area contributed by atoms with E-state index >= 15 is 0 Å². The van der Waals surface area contributed by atoms with E-state index < -0.39 is 0 Å². The first-order valence-corrected chi connectivity index (χ1v) is 8.34. The molecule has 0 spiro atoms. The minimum Gasteiger partial charge on any atom is -0.127 e. The maximum absolute atomic E-state index is 5.63. The summed E-state index contributed by atoms with van der Waals surface area (Å²) in [6.07, 6.45) is 18.0. The summed E-state index contributed by atoms with van der Waals surface area (Å²) in [7, 11) is 0. The number of hydrogen-bond acceptors (Lipinski definition) is 0. The van der Waals surface area contributed by atoms with E-state index in [9.17, 15) is 0 Å². The standard InChI is InChI=1S/C14H26BrCl/c15-13-11-9-7-5-3-1-2-4-6-8-10-12-14-16/h9,11H,1-8,10,12-14H2. The lowest BCUT2D eigenvalue weighted by molar-refractivity contribution is 0.567. The van der Waals surface area contributed by atoms with E-state index in [0.717, 1.165) is 11.2 Å². The second-order valence-electron chi connectivity index (χ2n) is 4.29. The summed E-state index contributed by atoms with van der Waals surface area (Å²) in [5.41, 5.74) is 0. The highest BCUT2D eigenvalue weighted by atomic mass is 79.9. The zero-order valence-corrected chi connectivity index (χ0v) is 12.7. The Morgan fingerprint density at radius 1 is 0.688 bits per heavy atom. The molecule has 0 bridgehead atoms. The zero-order valence-electron chi connectivity index (χ0n) is 10.4. The van der Waals surface area contributed by atoms with E-state index in [0.29, 0.717) is 0 Å². The minimum absolute atomic E-state index is 0.835. The van der Waals surface area contributed by atoms with Crippen molar-refractivity contribution in [3.05, 3.63) is 12.2 Å². The van der Waals surface area contributed by atoms with Crippen molar-refractivity contribution in [2.24, 2.45) is 0 Å². The van der Waals surface area contributed by atoms with Crippen LogP contribution in [0.5, 0.6) is 0 Å². The number of alkyl halides is 2. The van der Waals surface area contributed by atoms with Crippen LogP contribution in [-0.4, -0.2) is 11.2 Å². The van der Waals surface area contributed by atoms with Gasteiger partial charge in [0.15, 0.2) is 0 Å². The first-order chi connectivity index (χ1) is 7.91. The van der Waals surface area contributed by atoms with Crippen LogP contribution in [0.3, 0.4) is 0 Å². The van der Waals surface area contributed by atoms with E-state index in [2.05, 4.69) is 28.1 Å². The highest BCUT2D eigenvalue weighted by Crippen LogP contribution is 2.11. The molecule has 96 valence electrons. The third-order valence-electron chi connectivity index (χ3n) is 2.76. The molecule has 0 aliphatic rings. The normalized spacial score (nSPS) is 11.4. The molecule has 0 nitrogen and oxygen atoms in total. The fourth-order valence-corrected chi connectivity index (χ4v) is 2.23. The maximum atomic E-state index is 5.63. The fraction of sp³-hybridized carbons (Fsp3) is 0.857. The van der Waals surface area contributed by atoms with E-state index in [4.69, 9.17) is 11.6 Å². The van der Waals surface area contributed by atoms with Crippen LogP contribution < -0.4 is 0 Å². The lowest BCUT2D eigenvalue weighted by Crippen LogP contribution is -1.82. The molecule has 0 amide bonds. The van der Waals surface area contributed by atoms with E-state index in [1.165, 1.54) is 64.2 Å². The monoisotopic (exact) mass is 308 g/mol. The molecule has 2 heteroatoms. The Kier molecular flexibility index (Phi) is 16.0. The molecule has 0 N–H and O–H groups in total. The van der Waals surface area contributed by atoms with Crippen LogP contribution in [0.1, 0.15) is 64.2 Å². The van der Waals surface area contributed by atoms with Gasteiger partial charge in [0.05, 0.1) is 0 Å². The fourth-order valence-electron chi connectivity index (χ4n) is 1.77. The zero-order chi connectivity index (χ0) is 11.9. The van der Waals surface area contributed by atoms with Crippen LogP contribution in [0.25, 0.3) is 0 Å². The quantitative estimate of drug-likeness (QED) is 0.233. The van der Waals surface area contributed by atoms with Crippen molar-refractivity contribution in [1.29, 1.82) is 0 Å². The van der Waals surface area contributed by atoms with Gasteiger partial charge < -0.3 is 0 Å². The molecule has 0 unspecified atom stereocenters. The molecule has 0 aromatic carbocycles. The molecule has 0 fully saturated rings. The van der Waals surface area contributed by atoms with Gasteiger partial charge in [0.1, 0.15) is 0 Å². The molecular formula is C14H26BrCl. The van der Waals surface area contributed by atoms with Gasteiger partial charge in [-0.25, -0.2) is 0 Å². The van der Waals surface area contributed by atoms with E-state index in [-0.39, 0.29) is 0 Å². The van der Waals surface area contributed by atoms with E-state index in [1.54, 1.807) is 0 Å². The molecule has 0 aromatic rings. The number of unbranched alkanes of at least 4 members (excludes halogenated alkanes) is 9. The highest BCUT2D eigenvalue weighted by molar-refractivity contribution is 9.09. The maximum Gasteiger partial charge on any atom is 0.0223 e. The van der Waals surface area contributed by atoms with Gasteiger partial charge in [-0.2, -0.15) is 0 Å². The summed E-state index contributed by atoms with van der Waals surface area (Å²) in [5, 5.41) is 0.995. The highest BCUT2D eigenvalue weighted by Gasteiger charge is 1.91. The number of halogens is 2. The second-order valence-corrected chi connectivity index (χ2v) is 5.31. The largest absolute Gasteiger partial charge is 0.127 e. The van der Waals surface area contributed by atoms with Crippen molar-refractivity contribution >= 4 is 27.5 Å². The molecular weight excluding hydrogens is 284 g/mol. The van der Waals surface area contributed by atoms with E-state index in [1.807, 2.05) is 0 Å². The van der Waals surface area contributed by atoms with Gasteiger partial charge in [-0.05, 0) is 19.3 Å². The first kappa shape index (κ1) is 16.5. The van der Waals surface area contributed by atoms with Gasteiger partial charge in [-0.3, -0.25) is 0 Å². The van der Waals surface area contributed by atoms with Crippen molar-refractivity contribution in [2.75, 3.05) is 11.2 Å². The summed E-state index contributed by atoms with van der Waals surface area (Å²) < 4.78 is 0. The molecule has 0 saturated heterocycles. The van der Waals surface area contributed by atoms with Crippen LogP contribution >= 0.6 is 27.5 Å². The van der Waals surface area contributed by atoms with Crippen LogP contribution in [0.2, 0.25) is 0 Å². The molecule has 0 aromatic heterocycles. The SMILES string of the molecule is ClCCCCCCCCCCCC=CCBr. The Morgan fingerprint density at radius 3 is 1.69 bits per heavy atom. The Morgan fingerprint density at radius 2 is 1.19 bits per heavy atom. The van der Waals surface area contributed by atoms with Gasteiger partial charge in [0, 0.05) is 11.2 Å². The van der Waals surface area contributed by atoms with Crippen molar-refractivity contribution in [3.63, 3.8) is 0 Å². The van der Waals surface area contributed by atoms with Crippen LogP contribution in [0, 0.1) is 0 Å². The van der Waals surface area contributed by atoms with Crippen molar-refractivity contribution < 1.29 is 0 Å². The average molecular weight is 310 g/mol. The molecule has 0 heterocycles. The lowest BCUT2D eigenvalue weighted by Gasteiger charge is -2.00. The molecule has 0 aliphatic carbocycles. The first-order valence-electron chi connectivity index (χ1n) is 6.68. The average Bonchev–Trinajstić information content (AvgIpc) is 2.31. The minimum atomic E-state index is 0.835.